The summed E-state index contributed by atoms with van der Waals surface area (Å²) in [5.41, 5.74) is 3.78. The molecule has 6 heteroatoms. The summed E-state index contributed by atoms with van der Waals surface area (Å²) < 4.78 is 6.90. The first-order valence-electron chi connectivity index (χ1n) is 5.14. The lowest BCUT2D eigenvalue weighted by atomic mass is 10.2. The van der Waals surface area contributed by atoms with Crippen molar-refractivity contribution >= 4 is 17.3 Å². The van der Waals surface area contributed by atoms with Crippen LogP contribution in [0, 0.1) is 13.8 Å². The largest absolute Gasteiger partial charge is 0.456 e. The number of esters is 1. The molecule has 0 saturated heterocycles. The number of hydrogen-bond acceptors (Lipinski definition) is 5. The zero-order valence-corrected chi connectivity index (χ0v) is 10.7. The van der Waals surface area contributed by atoms with E-state index in [9.17, 15) is 4.79 Å². The van der Waals surface area contributed by atoms with Gasteiger partial charge in [0, 0.05) is 18.9 Å². The van der Waals surface area contributed by atoms with E-state index in [1.165, 1.54) is 11.3 Å². The van der Waals surface area contributed by atoms with Crippen LogP contribution in [-0.4, -0.2) is 20.7 Å². The highest BCUT2D eigenvalue weighted by Crippen LogP contribution is 2.15. The van der Waals surface area contributed by atoms with Gasteiger partial charge in [-0.15, -0.1) is 11.3 Å². The van der Waals surface area contributed by atoms with Gasteiger partial charge in [0.15, 0.2) is 0 Å². The molecule has 2 rings (SSSR count). The average molecular weight is 251 g/mol. The lowest BCUT2D eigenvalue weighted by molar-refractivity contribution is 0.0475. The van der Waals surface area contributed by atoms with Crippen LogP contribution in [0.5, 0.6) is 0 Å². The Kier molecular flexibility index (Phi) is 3.23. The Bertz CT molecular complexity index is 531. The summed E-state index contributed by atoms with van der Waals surface area (Å²) in [7, 11) is 1.81. The maximum atomic E-state index is 11.9. The molecular formula is C11H13N3O2S. The maximum absolute atomic E-state index is 11.9. The van der Waals surface area contributed by atoms with Crippen molar-refractivity contribution in [2.75, 3.05) is 0 Å². The number of aryl methyl sites for hydroxylation is 2. The monoisotopic (exact) mass is 251 g/mol. The molecule has 0 N–H and O–H groups in total. The Hall–Kier alpha value is -1.69. The van der Waals surface area contributed by atoms with Gasteiger partial charge >= 0.3 is 5.97 Å². The van der Waals surface area contributed by atoms with Crippen molar-refractivity contribution in [3.63, 3.8) is 0 Å². The van der Waals surface area contributed by atoms with E-state index in [2.05, 4.69) is 10.1 Å². The van der Waals surface area contributed by atoms with Gasteiger partial charge in [-0.25, -0.2) is 4.79 Å². The number of nitrogens with zero attached hydrogens (tertiary/aromatic N) is 3. The van der Waals surface area contributed by atoms with Crippen LogP contribution in [0.25, 0.3) is 0 Å². The van der Waals surface area contributed by atoms with Crippen molar-refractivity contribution in [2.24, 2.45) is 7.05 Å². The SMILES string of the molecule is Cc1nn(C)c(C)c1C(=O)OCc1cncs1. The van der Waals surface area contributed by atoms with Gasteiger partial charge in [0.05, 0.1) is 16.1 Å². The first-order chi connectivity index (χ1) is 8.09. The summed E-state index contributed by atoms with van der Waals surface area (Å²) in [5, 5.41) is 4.18. The number of rotatable bonds is 3. The molecule has 0 aromatic carbocycles. The molecule has 0 unspecified atom stereocenters. The van der Waals surface area contributed by atoms with Gasteiger partial charge in [-0.1, -0.05) is 0 Å². The molecule has 0 bridgehead atoms. The predicted octanol–water partition coefficient (Wildman–Crippen LogP) is 1.85. The summed E-state index contributed by atoms with van der Waals surface area (Å²) in [6, 6.07) is 0. The second-order valence-corrected chi connectivity index (χ2v) is 4.68. The minimum atomic E-state index is -0.332. The fraction of sp³-hybridized carbons (Fsp3) is 0.364. The summed E-state index contributed by atoms with van der Waals surface area (Å²) in [5.74, 6) is -0.332. The molecule has 0 aliphatic rings. The van der Waals surface area contributed by atoms with Crippen LogP contribution in [0.2, 0.25) is 0 Å². The smallest absolute Gasteiger partial charge is 0.342 e. The third-order valence-corrected chi connectivity index (χ3v) is 3.30. The predicted molar refractivity (Wildman–Crippen MR) is 63.9 cm³/mol. The van der Waals surface area contributed by atoms with Crippen LogP contribution in [0.4, 0.5) is 0 Å². The van der Waals surface area contributed by atoms with Crippen LogP contribution in [0.1, 0.15) is 26.6 Å². The standard InChI is InChI=1S/C11H13N3O2S/c1-7-10(8(2)14(3)13-7)11(15)16-5-9-4-12-6-17-9/h4,6H,5H2,1-3H3. The lowest BCUT2D eigenvalue weighted by Gasteiger charge is -2.03. The quantitative estimate of drug-likeness (QED) is 0.781. The fourth-order valence-corrected chi connectivity index (χ4v) is 2.10. The Morgan fingerprint density at radius 1 is 1.53 bits per heavy atom. The van der Waals surface area contributed by atoms with Crippen molar-refractivity contribution in [2.45, 2.75) is 20.5 Å². The number of thiazole rings is 1. The average Bonchev–Trinajstić information content (AvgIpc) is 2.86. The summed E-state index contributed by atoms with van der Waals surface area (Å²) in [6.07, 6.45) is 1.70. The highest BCUT2D eigenvalue weighted by atomic mass is 32.1. The van der Waals surface area contributed by atoms with Crippen LogP contribution in [0.15, 0.2) is 11.7 Å². The zero-order valence-electron chi connectivity index (χ0n) is 9.93. The van der Waals surface area contributed by atoms with Crippen molar-refractivity contribution in [1.82, 2.24) is 14.8 Å². The van der Waals surface area contributed by atoms with E-state index in [-0.39, 0.29) is 12.6 Å². The van der Waals surface area contributed by atoms with E-state index in [1.807, 2.05) is 14.0 Å². The van der Waals surface area contributed by atoms with Gasteiger partial charge in [0.25, 0.3) is 0 Å². The third-order valence-electron chi connectivity index (χ3n) is 2.54. The molecule has 90 valence electrons. The highest BCUT2D eigenvalue weighted by Gasteiger charge is 2.18. The van der Waals surface area contributed by atoms with Crippen molar-refractivity contribution < 1.29 is 9.53 Å². The summed E-state index contributed by atoms with van der Waals surface area (Å²) >= 11 is 1.46. The molecule has 0 fully saturated rings. The number of aromatic nitrogens is 3. The van der Waals surface area contributed by atoms with Gasteiger partial charge in [-0.3, -0.25) is 9.67 Å². The molecular weight excluding hydrogens is 238 g/mol. The minimum Gasteiger partial charge on any atom is -0.456 e. The van der Waals surface area contributed by atoms with Crippen molar-refractivity contribution in [1.29, 1.82) is 0 Å². The molecule has 17 heavy (non-hydrogen) atoms. The first kappa shape index (κ1) is 11.8. The van der Waals surface area contributed by atoms with Gasteiger partial charge in [0.2, 0.25) is 0 Å². The van der Waals surface area contributed by atoms with E-state index in [0.717, 1.165) is 10.6 Å². The molecule has 2 aromatic heterocycles. The molecule has 0 aliphatic heterocycles. The van der Waals surface area contributed by atoms with Gasteiger partial charge in [0.1, 0.15) is 12.2 Å². The number of carbonyl (C=O) groups is 1. The van der Waals surface area contributed by atoms with Crippen LogP contribution in [-0.2, 0) is 18.4 Å². The Morgan fingerprint density at radius 3 is 2.82 bits per heavy atom. The Balaban J connectivity index is 2.10. The molecule has 0 aliphatic carbocycles. The zero-order chi connectivity index (χ0) is 12.4. The van der Waals surface area contributed by atoms with Crippen LogP contribution >= 0.6 is 11.3 Å². The molecule has 0 atom stereocenters. The number of carbonyl (C=O) groups excluding carboxylic acids is 1. The second kappa shape index (κ2) is 4.67. The van der Waals surface area contributed by atoms with Crippen LogP contribution < -0.4 is 0 Å². The normalized spacial score (nSPS) is 10.5. The van der Waals surface area contributed by atoms with E-state index >= 15 is 0 Å². The minimum absolute atomic E-state index is 0.261. The molecule has 2 heterocycles. The van der Waals surface area contributed by atoms with Gasteiger partial charge in [-0.2, -0.15) is 5.10 Å². The molecule has 0 radical (unpaired) electrons. The second-order valence-electron chi connectivity index (χ2n) is 3.71. The highest BCUT2D eigenvalue weighted by molar-refractivity contribution is 7.09. The molecule has 0 saturated carbocycles. The molecule has 5 nitrogen and oxygen atoms in total. The number of ether oxygens (including phenoxy) is 1. The Morgan fingerprint density at radius 2 is 2.29 bits per heavy atom. The van der Waals surface area contributed by atoms with E-state index in [4.69, 9.17) is 4.74 Å². The third kappa shape index (κ3) is 2.36. The van der Waals surface area contributed by atoms with E-state index < -0.39 is 0 Å². The molecule has 0 amide bonds. The van der Waals surface area contributed by atoms with Gasteiger partial charge < -0.3 is 4.74 Å². The van der Waals surface area contributed by atoms with Crippen molar-refractivity contribution in [3.8, 4) is 0 Å². The first-order valence-corrected chi connectivity index (χ1v) is 6.02. The van der Waals surface area contributed by atoms with E-state index in [0.29, 0.717) is 11.3 Å². The fourth-order valence-electron chi connectivity index (χ4n) is 1.59. The molecule has 2 aromatic rings. The van der Waals surface area contributed by atoms with E-state index in [1.54, 1.807) is 23.3 Å². The summed E-state index contributed by atoms with van der Waals surface area (Å²) in [6.45, 7) is 3.91. The number of hydrogen-bond donors (Lipinski definition) is 0. The van der Waals surface area contributed by atoms with Gasteiger partial charge in [-0.05, 0) is 13.8 Å². The topological polar surface area (TPSA) is 57.0 Å². The van der Waals surface area contributed by atoms with Crippen molar-refractivity contribution in [3.05, 3.63) is 33.5 Å². The summed E-state index contributed by atoms with van der Waals surface area (Å²) in [4.78, 5) is 16.8. The van der Waals surface area contributed by atoms with Crippen LogP contribution in [0.3, 0.4) is 0 Å². The Labute approximate surface area is 103 Å². The molecule has 0 spiro atoms. The lowest BCUT2D eigenvalue weighted by Crippen LogP contribution is -2.07. The maximum Gasteiger partial charge on any atom is 0.342 e.